The Morgan fingerprint density at radius 2 is 2.08 bits per heavy atom. The molecule has 142 valence electrons. The third-order valence-corrected chi connectivity index (χ3v) is 6.97. The van der Waals surface area contributed by atoms with Crippen LogP contribution in [0.5, 0.6) is 0 Å². The van der Waals surface area contributed by atoms with E-state index in [0.29, 0.717) is 18.1 Å². The number of amides is 1. The Hall–Kier alpha value is -1.07. The predicted molar refractivity (Wildman–Crippen MR) is 106 cm³/mol. The van der Waals surface area contributed by atoms with Crippen LogP contribution < -0.4 is 0 Å². The quantitative estimate of drug-likeness (QED) is 0.657. The number of hydrogen-bond acceptors (Lipinski definition) is 3. The minimum absolute atomic E-state index is 0.111. The maximum absolute atomic E-state index is 12.1. The summed E-state index contributed by atoms with van der Waals surface area (Å²) < 4.78 is 6.56. The molecule has 2 aliphatic heterocycles. The van der Waals surface area contributed by atoms with Crippen molar-refractivity contribution in [3.8, 4) is 0 Å². The van der Waals surface area contributed by atoms with Gasteiger partial charge in [-0.3, -0.25) is 4.90 Å². The Morgan fingerprint density at radius 3 is 2.81 bits per heavy atom. The normalized spacial score (nSPS) is 24.4. The van der Waals surface area contributed by atoms with Gasteiger partial charge in [0.2, 0.25) is 0 Å². The summed E-state index contributed by atoms with van der Waals surface area (Å²) in [6.07, 6.45) is 6.59. The molecule has 0 saturated carbocycles. The zero-order chi connectivity index (χ0) is 18.1. The molecule has 0 bridgehead atoms. The van der Waals surface area contributed by atoms with Gasteiger partial charge in [0.05, 0.1) is 6.61 Å². The second-order valence-corrected chi connectivity index (χ2v) is 9.17. The smallest absolute Gasteiger partial charge is 0.409 e. The Kier molecular flexibility index (Phi) is 5.29. The number of carbonyl (C=O) groups is 1. The number of carbonyl (C=O) groups excluding carboxylic acids is 1. The van der Waals surface area contributed by atoms with E-state index in [0.717, 1.165) is 38.8 Å². The van der Waals surface area contributed by atoms with Crippen molar-refractivity contribution in [2.45, 2.75) is 51.5 Å². The lowest BCUT2D eigenvalue weighted by Gasteiger charge is -2.56. The van der Waals surface area contributed by atoms with E-state index >= 15 is 0 Å². The third kappa shape index (κ3) is 3.53. The van der Waals surface area contributed by atoms with E-state index in [1.165, 1.54) is 41.5 Å². The number of hydrogen-bond donors (Lipinski definition) is 0. The van der Waals surface area contributed by atoms with E-state index < -0.39 is 0 Å². The zero-order valence-electron chi connectivity index (χ0n) is 15.7. The topological polar surface area (TPSA) is 32.8 Å². The number of unbranched alkanes of at least 4 members (excludes halogenated alkanes) is 1. The van der Waals surface area contributed by atoms with Gasteiger partial charge in [-0.1, -0.05) is 35.3 Å². The summed E-state index contributed by atoms with van der Waals surface area (Å²) >= 11 is 3.59. The van der Waals surface area contributed by atoms with Crippen LogP contribution in [0.4, 0.5) is 4.79 Å². The van der Waals surface area contributed by atoms with Gasteiger partial charge < -0.3 is 9.64 Å². The molecule has 1 aromatic rings. The number of ether oxygens (including phenoxy) is 1. The van der Waals surface area contributed by atoms with Crippen LogP contribution >= 0.6 is 15.9 Å². The monoisotopic (exact) mass is 420 g/mol. The van der Waals surface area contributed by atoms with E-state index in [2.05, 4.69) is 46.0 Å². The highest BCUT2D eigenvalue weighted by atomic mass is 79.9. The number of fused-ring (bicyclic) bond motifs is 1. The van der Waals surface area contributed by atoms with Gasteiger partial charge in [-0.25, -0.2) is 4.79 Å². The third-order valence-electron chi connectivity index (χ3n) is 6.47. The number of aryl methyl sites for hydroxylation is 1. The van der Waals surface area contributed by atoms with Gasteiger partial charge in [-0.15, -0.1) is 0 Å². The Labute approximate surface area is 165 Å². The van der Waals surface area contributed by atoms with Crippen molar-refractivity contribution in [1.82, 2.24) is 9.80 Å². The van der Waals surface area contributed by atoms with Crippen LogP contribution in [-0.2, 0) is 11.2 Å². The standard InChI is InChI=1S/C21H29BrN2O2/c1-2-3-12-26-20(25)23-10-8-21(9-11-23)14-24(15-21)19-7-4-16-13-17(22)5-6-18(16)19/h5-6,13,19H,2-4,7-12,14-15H2,1H3/t19-/m1/s1. The molecule has 4 nitrogen and oxygen atoms in total. The van der Waals surface area contributed by atoms with Crippen molar-refractivity contribution >= 4 is 22.0 Å². The van der Waals surface area contributed by atoms with E-state index in [-0.39, 0.29) is 6.09 Å². The van der Waals surface area contributed by atoms with Gasteiger partial charge in [0.1, 0.15) is 0 Å². The van der Waals surface area contributed by atoms with Crippen molar-refractivity contribution in [2.24, 2.45) is 5.41 Å². The molecule has 26 heavy (non-hydrogen) atoms. The SMILES string of the molecule is CCCCOC(=O)N1CCC2(CC1)CN([C@@H]1CCc3cc(Br)ccc31)C2. The van der Waals surface area contributed by atoms with Crippen LogP contribution in [0.2, 0.25) is 0 Å². The Morgan fingerprint density at radius 1 is 1.31 bits per heavy atom. The zero-order valence-corrected chi connectivity index (χ0v) is 17.3. The molecule has 1 atom stereocenters. The minimum atomic E-state index is -0.111. The van der Waals surface area contributed by atoms with Gasteiger partial charge >= 0.3 is 6.09 Å². The average Bonchev–Trinajstić information content (AvgIpc) is 3.02. The molecule has 4 rings (SSSR count). The summed E-state index contributed by atoms with van der Waals surface area (Å²) in [5.41, 5.74) is 3.47. The molecule has 3 aliphatic rings. The number of rotatable bonds is 4. The van der Waals surface area contributed by atoms with E-state index in [1.807, 2.05) is 4.90 Å². The fourth-order valence-corrected chi connectivity index (χ4v) is 5.26. The summed E-state index contributed by atoms with van der Waals surface area (Å²) in [4.78, 5) is 16.7. The first-order valence-electron chi connectivity index (χ1n) is 10.0. The molecule has 0 radical (unpaired) electrons. The molecule has 2 saturated heterocycles. The van der Waals surface area contributed by atoms with Gasteiger partial charge in [0, 0.05) is 36.7 Å². The van der Waals surface area contributed by atoms with Crippen molar-refractivity contribution in [3.63, 3.8) is 0 Å². The first-order valence-corrected chi connectivity index (χ1v) is 10.8. The average molecular weight is 421 g/mol. The van der Waals surface area contributed by atoms with Gasteiger partial charge in [-0.05, 0) is 60.8 Å². The molecular weight excluding hydrogens is 392 g/mol. The lowest BCUT2D eigenvalue weighted by molar-refractivity contribution is -0.0679. The first-order chi connectivity index (χ1) is 12.6. The molecule has 0 aromatic heterocycles. The highest BCUT2D eigenvalue weighted by Gasteiger charge is 2.48. The molecule has 0 N–H and O–H groups in total. The van der Waals surface area contributed by atoms with Gasteiger partial charge in [0.25, 0.3) is 0 Å². The van der Waals surface area contributed by atoms with Crippen LogP contribution in [0.15, 0.2) is 22.7 Å². The molecule has 2 heterocycles. The summed E-state index contributed by atoms with van der Waals surface area (Å²) in [5, 5.41) is 0. The summed E-state index contributed by atoms with van der Waals surface area (Å²) in [7, 11) is 0. The summed E-state index contributed by atoms with van der Waals surface area (Å²) in [5.74, 6) is 0. The highest BCUT2D eigenvalue weighted by molar-refractivity contribution is 9.10. The van der Waals surface area contributed by atoms with Gasteiger partial charge in [0.15, 0.2) is 0 Å². The predicted octanol–water partition coefficient (Wildman–Crippen LogP) is 4.77. The maximum atomic E-state index is 12.1. The first kappa shape index (κ1) is 18.3. The Balaban J connectivity index is 1.28. The van der Waals surface area contributed by atoms with Crippen molar-refractivity contribution < 1.29 is 9.53 Å². The van der Waals surface area contributed by atoms with Crippen LogP contribution in [0, 0.1) is 5.41 Å². The maximum Gasteiger partial charge on any atom is 0.409 e. The highest BCUT2D eigenvalue weighted by Crippen LogP contribution is 2.47. The van der Waals surface area contributed by atoms with Gasteiger partial charge in [-0.2, -0.15) is 0 Å². The summed E-state index contributed by atoms with van der Waals surface area (Å²) in [6.45, 7) is 6.75. The molecule has 1 aliphatic carbocycles. The molecule has 0 unspecified atom stereocenters. The summed E-state index contributed by atoms with van der Waals surface area (Å²) in [6, 6.07) is 7.36. The minimum Gasteiger partial charge on any atom is -0.449 e. The Bertz CT molecular complexity index is 662. The fraction of sp³-hybridized carbons (Fsp3) is 0.667. The van der Waals surface area contributed by atoms with Crippen LogP contribution in [0.25, 0.3) is 0 Å². The van der Waals surface area contributed by atoms with Crippen LogP contribution in [0.3, 0.4) is 0 Å². The number of benzene rings is 1. The van der Waals surface area contributed by atoms with Crippen LogP contribution in [-0.4, -0.2) is 48.7 Å². The number of likely N-dealkylation sites (tertiary alicyclic amines) is 2. The van der Waals surface area contributed by atoms with E-state index in [1.54, 1.807) is 0 Å². The second-order valence-electron chi connectivity index (χ2n) is 8.26. The molecule has 2 fully saturated rings. The van der Waals surface area contributed by atoms with E-state index in [4.69, 9.17) is 4.74 Å². The fourth-order valence-electron chi connectivity index (χ4n) is 4.85. The van der Waals surface area contributed by atoms with Crippen LogP contribution in [0.1, 0.15) is 56.2 Å². The molecule has 1 amide bonds. The van der Waals surface area contributed by atoms with Crippen molar-refractivity contribution in [3.05, 3.63) is 33.8 Å². The molecule has 1 spiro atoms. The van der Waals surface area contributed by atoms with E-state index in [9.17, 15) is 4.79 Å². The number of halogens is 1. The second kappa shape index (κ2) is 7.51. The largest absolute Gasteiger partial charge is 0.449 e. The van der Waals surface area contributed by atoms with Crippen molar-refractivity contribution in [1.29, 1.82) is 0 Å². The number of piperidine rings is 1. The molecular formula is C21H29BrN2O2. The lowest BCUT2D eigenvalue weighted by Crippen LogP contribution is -2.61. The van der Waals surface area contributed by atoms with Crippen molar-refractivity contribution in [2.75, 3.05) is 32.8 Å². The lowest BCUT2D eigenvalue weighted by atomic mass is 9.71. The number of nitrogens with zero attached hydrogens (tertiary/aromatic N) is 2. The molecule has 1 aromatic carbocycles. The molecule has 5 heteroatoms.